The van der Waals surface area contributed by atoms with Gasteiger partial charge < -0.3 is 14.0 Å². The van der Waals surface area contributed by atoms with E-state index in [1.54, 1.807) is 11.8 Å². The first-order chi connectivity index (χ1) is 12.2. The molecule has 0 saturated heterocycles. The minimum absolute atomic E-state index is 0.567. The molecule has 0 radical (unpaired) electrons. The van der Waals surface area contributed by atoms with E-state index in [-0.39, 0.29) is 0 Å². The van der Waals surface area contributed by atoms with Gasteiger partial charge in [0, 0.05) is 23.4 Å². The van der Waals surface area contributed by atoms with Gasteiger partial charge in [0.05, 0.1) is 0 Å². The van der Waals surface area contributed by atoms with Crippen LogP contribution in [0.2, 0.25) is 5.02 Å². The summed E-state index contributed by atoms with van der Waals surface area (Å²) in [5.41, 5.74) is 2.15. The molecular weight excluding hydrogens is 358 g/mol. The Kier molecular flexibility index (Phi) is 4.55. The first-order valence-corrected chi connectivity index (χ1v) is 9.24. The van der Waals surface area contributed by atoms with E-state index in [1.165, 1.54) is 5.56 Å². The van der Waals surface area contributed by atoms with Crippen molar-refractivity contribution in [1.82, 2.24) is 14.8 Å². The van der Waals surface area contributed by atoms with E-state index < -0.39 is 0 Å². The van der Waals surface area contributed by atoms with Crippen molar-refractivity contribution in [3.63, 3.8) is 0 Å². The maximum Gasteiger partial charge on any atom is 0.191 e. The maximum absolute atomic E-state index is 5.92. The van der Waals surface area contributed by atoms with Crippen LogP contribution in [0, 0.1) is 0 Å². The lowest BCUT2D eigenvalue weighted by molar-refractivity contribution is 0.171. The van der Waals surface area contributed by atoms with Gasteiger partial charge in [-0.15, -0.1) is 10.2 Å². The Morgan fingerprint density at radius 3 is 2.60 bits per heavy atom. The fraction of sp³-hybridized carbons (Fsp3) is 0.222. The second kappa shape index (κ2) is 6.98. The van der Waals surface area contributed by atoms with Crippen molar-refractivity contribution in [2.75, 3.05) is 13.2 Å². The number of hydrogen-bond donors (Lipinski definition) is 0. The monoisotopic (exact) mass is 373 g/mol. The van der Waals surface area contributed by atoms with Crippen LogP contribution in [0.4, 0.5) is 0 Å². The van der Waals surface area contributed by atoms with Crippen LogP contribution in [0.25, 0.3) is 11.4 Å². The Labute approximate surface area is 154 Å². The summed E-state index contributed by atoms with van der Waals surface area (Å²) in [4.78, 5) is 0. The van der Waals surface area contributed by atoms with Crippen LogP contribution in [0.3, 0.4) is 0 Å². The fourth-order valence-electron chi connectivity index (χ4n) is 2.60. The number of aromatic nitrogens is 3. The van der Waals surface area contributed by atoms with Gasteiger partial charge >= 0.3 is 0 Å². The molecule has 5 nitrogen and oxygen atoms in total. The predicted molar refractivity (Wildman–Crippen MR) is 98.4 cm³/mol. The summed E-state index contributed by atoms with van der Waals surface area (Å²) in [5.74, 6) is 3.14. The van der Waals surface area contributed by atoms with Gasteiger partial charge in [0.2, 0.25) is 0 Å². The number of halogens is 1. The lowest BCUT2D eigenvalue weighted by Crippen LogP contribution is -2.15. The molecule has 7 heteroatoms. The van der Waals surface area contributed by atoms with Crippen molar-refractivity contribution in [2.24, 2.45) is 7.05 Å². The number of hydrogen-bond acceptors (Lipinski definition) is 5. The molecule has 0 atom stereocenters. The smallest absolute Gasteiger partial charge is 0.191 e. The highest BCUT2D eigenvalue weighted by Gasteiger charge is 2.16. The molecule has 0 N–H and O–H groups in total. The predicted octanol–water partition coefficient (Wildman–Crippen LogP) is 4.20. The average Bonchev–Trinajstić information content (AvgIpc) is 3.01. The summed E-state index contributed by atoms with van der Waals surface area (Å²) in [7, 11) is 1.97. The highest BCUT2D eigenvalue weighted by Crippen LogP contribution is 2.34. The standard InChI is InChI=1S/C18H16ClN3O2S/c1-22-17(13-4-7-15-16(10-13)24-9-8-23-15)20-21-18(22)25-11-12-2-5-14(19)6-3-12/h2-7,10H,8-9,11H2,1H3. The third kappa shape index (κ3) is 3.45. The van der Waals surface area contributed by atoms with Crippen LogP contribution in [-0.2, 0) is 12.8 Å². The quantitative estimate of drug-likeness (QED) is 0.641. The van der Waals surface area contributed by atoms with E-state index >= 15 is 0 Å². The van der Waals surface area contributed by atoms with E-state index in [4.69, 9.17) is 21.1 Å². The molecule has 1 aromatic heterocycles. The van der Waals surface area contributed by atoms with Gasteiger partial charge in [0.1, 0.15) is 13.2 Å². The van der Waals surface area contributed by atoms with Crippen molar-refractivity contribution in [1.29, 1.82) is 0 Å². The second-order valence-corrected chi connectivity index (χ2v) is 7.02. The van der Waals surface area contributed by atoms with Gasteiger partial charge in [-0.1, -0.05) is 35.5 Å². The zero-order chi connectivity index (χ0) is 17.2. The van der Waals surface area contributed by atoms with E-state index in [0.717, 1.165) is 38.8 Å². The van der Waals surface area contributed by atoms with Gasteiger partial charge in [-0.3, -0.25) is 0 Å². The van der Waals surface area contributed by atoms with Gasteiger partial charge in [-0.05, 0) is 35.9 Å². The van der Waals surface area contributed by atoms with Crippen molar-refractivity contribution in [3.05, 3.63) is 53.1 Å². The first kappa shape index (κ1) is 16.3. The van der Waals surface area contributed by atoms with Gasteiger partial charge in [0.15, 0.2) is 22.5 Å². The molecule has 0 bridgehead atoms. The number of benzene rings is 2. The van der Waals surface area contributed by atoms with E-state index in [9.17, 15) is 0 Å². The SMILES string of the molecule is Cn1c(SCc2ccc(Cl)cc2)nnc1-c1ccc2c(c1)OCCO2. The molecule has 25 heavy (non-hydrogen) atoms. The van der Waals surface area contributed by atoms with Crippen molar-refractivity contribution < 1.29 is 9.47 Å². The Hall–Kier alpha value is -2.18. The van der Waals surface area contributed by atoms with Gasteiger partial charge in [-0.25, -0.2) is 0 Å². The molecule has 0 amide bonds. The molecule has 4 rings (SSSR count). The number of ether oxygens (including phenoxy) is 2. The van der Waals surface area contributed by atoms with E-state index in [1.807, 2.05) is 54.1 Å². The Morgan fingerprint density at radius 1 is 1.04 bits per heavy atom. The topological polar surface area (TPSA) is 49.2 Å². The molecule has 1 aliphatic heterocycles. The van der Waals surface area contributed by atoms with Crippen LogP contribution < -0.4 is 9.47 Å². The number of rotatable bonds is 4. The molecule has 2 heterocycles. The van der Waals surface area contributed by atoms with Crippen LogP contribution in [0.1, 0.15) is 5.56 Å². The summed E-state index contributed by atoms with van der Waals surface area (Å²) in [6.07, 6.45) is 0. The van der Waals surface area contributed by atoms with Crippen LogP contribution in [0.5, 0.6) is 11.5 Å². The highest BCUT2D eigenvalue weighted by molar-refractivity contribution is 7.98. The van der Waals surface area contributed by atoms with Gasteiger partial charge in [0.25, 0.3) is 0 Å². The molecule has 0 fully saturated rings. The largest absolute Gasteiger partial charge is 0.486 e. The molecule has 0 unspecified atom stereocenters. The molecule has 3 aromatic rings. The second-order valence-electron chi connectivity index (χ2n) is 5.64. The summed E-state index contributed by atoms with van der Waals surface area (Å²) in [6, 6.07) is 13.7. The number of thioether (sulfide) groups is 1. The molecule has 0 spiro atoms. The molecule has 0 aliphatic carbocycles. The van der Waals surface area contributed by atoms with Crippen molar-refractivity contribution in [3.8, 4) is 22.9 Å². The summed E-state index contributed by atoms with van der Waals surface area (Å²) >= 11 is 7.56. The third-order valence-corrected chi connectivity index (χ3v) is 5.26. The average molecular weight is 374 g/mol. The summed E-state index contributed by atoms with van der Waals surface area (Å²) in [6.45, 7) is 1.15. The van der Waals surface area contributed by atoms with E-state index in [0.29, 0.717) is 13.2 Å². The lowest BCUT2D eigenvalue weighted by Gasteiger charge is -2.18. The van der Waals surface area contributed by atoms with Crippen LogP contribution in [0.15, 0.2) is 47.6 Å². The van der Waals surface area contributed by atoms with Gasteiger partial charge in [-0.2, -0.15) is 0 Å². The van der Waals surface area contributed by atoms with Crippen LogP contribution in [-0.4, -0.2) is 28.0 Å². The summed E-state index contributed by atoms with van der Waals surface area (Å²) < 4.78 is 13.2. The third-order valence-electron chi connectivity index (χ3n) is 3.92. The van der Waals surface area contributed by atoms with E-state index in [2.05, 4.69) is 10.2 Å². The molecule has 1 aliphatic rings. The number of nitrogens with zero attached hydrogens (tertiary/aromatic N) is 3. The minimum Gasteiger partial charge on any atom is -0.486 e. The first-order valence-electron chi connectivity index (χ1n) is 7.87. The molecule has 0 saturated carbocycles. The maximum atomic E-state index is 5.92. The molecule has 128 valence electrons. The summed E-state index contributed by atoms with van der Waals surface area (Å²) in [5, 5.41) is 10.3. The molecule has 2 aromatic carbocycles. The minimum atomic E-state index is 0.567. The van der Waals surface area contributed by atoms with Crippen LogP contribution >= 0.6 is 23.4 Å². The Balaban J connectivity index is 1.53. The zero-order valence-corrected chi connectivity index (χ0v) is 15.2. The Bertz CT molecular complexity index is 896. The lowest BCUT2D eigenvalue weighted by atomic mass is 10.2. The van der Waals surface area contributed by atoms with Crippen molar-refractivity contribution >= 4 is 23.4 Å². The molecular formula is C18H16ClN3O2S. The number of fused-ring (bicyclic) bond motifs is 1. The fourth-order valence-corrected chi connectivity index (χ4v) is 3.60. The van der Waals surface area contributed by atoms with Crippen molar-refractivity contribution in [2.45, 2.75) is 10.9 Å². The Morgan fingerprint density at radius 2 is 1.80 bits per heavy atom. The highest BCUT2D eigenvalue weighted by atomic mass is 35.5. The zero-order valence-electron chi connectivity index (χ0n) is 13.6. The normalized spacial score (nSPS) is 13.0.